The Morgan fingerprint density at radius 1 is 1.36 bits per heavy atom. The maximum absolute atomic E-state index is 4.65. The summed E-state index contributed by atoms with van der Waals surface area (Å²) in [5.41, 5.74) is 4.13. The third-order valence-corrected chi connectivity index (χ3v) is 3.27. The summed E-state index contributed by atoms with van der Waals surface area (Å²) in [7, 11) is 0. The molecule has 0 spiro atoms. The molecule has 0 aromatic carbocycles. The van der Waals surface area contributed by atoms with Crippen LogP contribution in [0.25, 0.3) is 0 Å². The fourth-order valence-electron chi connectivity index (χ4n) is 2.31. The summed E-state index contributed by atoms with van der Waals surface area (Å²) in [6, 6.07) is 0.595. The van der Waals surface area contributed by atoms with Gasteiger partial charge in [-0.25, -0.2) is 0 Å². The van der Waals surface area contributed by atoms with Gasteiger partial charge in [0.1, 0.15) is 0 Å². The van der Waals surface area contributed by atoms with E-state index in [0.29, 0.717) is 6.04 Å². The van der Waals surface area contributed by atoms with E-state index in [0.717, 1.165) is 32.6 Å². The minimum absolute atomic E-state index is 0.595. The summed E-state index contributed by atoms with van der Waals surface area (Å²) in [6.45, 7) is 6.38. The highest BCUT2D eigenvalue weighted by molar-refractivity contribution is 5.28. The third kappa shape index (κ3) is 1.11. The molecular formula is C10H16N4. The second kappa shape index (κ2) is 3.07. The highest BCUT2D eigenvalue weighted by Crippen LogP contribution is 2.22. The molecule has 1 fully saturated rings. The molecule has 14 heavy (non-hydrogen) atoms. The molecule has 2 aliphatic heterocycles. The van der Waals surface area contributed by atoms with Gasteiger partial charge in [-0.1, -0.05) is 0 Å². The van der Waals surface area contributed by atoms with Crippen LogP contribution in [-0.4, -0.2) is 29.4 Å². The molecule has 0 atom stereocenters. The predicted molar refractivity (Wildman–Crippen MR) is 54.3 cm³/mol. The van der Waals surface area contributed by atoms with Crippen LogP contribution in [0.2, 0.25) is 0 Å². The number of nitrogens with zero attached hydrogens (tertiary/aromatic N) is 2. The van der Waals surface area contributed by atoms with Crippen molar-refractivity contribution < 1.29 is 0 Å². The van der Waals surface area contributed by atoms with Gasteiger partial charge in [0, 0.05) is 19.6 Å². The van der Waals surface area contributed by atoms with E-state index in [1.165, 1.54) is 17.0 Å². The maximum Gasteiger partial charge on any atom is 0.0771 e. The van der Waals surface area contributed by atoms with Crippen LogP contribution in [0.15, 0.2) is 0 Å². The average molecular weight is 192 g/mol. The summed E-state index contributed by atoms with van der Waals surface area (Å²) in [6.07, 6.45) is 1.14. The first-order chi connectivity index (χ1) is 6.86. The summed E-state index contributed by atoms with van der Waals surface area (Å²) >= 11 is 0. The highest BCUT2D eigenvalue weighted by Gasteiger charge is 2.26. The van der Waals surface area contributed by atoms with Gasteiger partial charge in [0.25, 0.3) is 0 Å². The zero-order valence-corrected chi connectivity index (χ0v) is 8.51. The van der Waals surface area contributed by atoms with Crippen LogP contribution >= 0.6 is 0 Å². The van der Waals surface area contributed by atoms with Crippen LogP contribution < -0.4 is 10.6 Å². The summed E-state index contributed by atoms with van der Waals surface area (Å²) in [5.74, 6) is 0. The van der Waals surface area contributed by atoms with Crippen molar-refractivity contribution in [3.63, 3.8) is 0 Å². The van der Waals surface area contributed by atoms with Crippen LogP contribution in [-0.2, 0) is 13.0 Å². The van der Waals surface area contributed by atoms with E-state index >= 15 is 0 Å². The third-order valence-electron chi connectivity index (χ3n) is 3.27. The van der Waals surface area contributed by atoms with Crippen molar-refractivity contribution >= 4 is 0 Å². The molecule has 0 bridgehead atoms. The maximum atomic E-state index is 4.65. The molecule has 0 amide bonds. The largest absolute Gasteiger partial charge is 0.312 e. The minimum Gasteiger partial charge on any atom is -0.312 e. The molecule has 2 aliphatic rings. The lowest BCUT2D eigenvalue weighted by Gasteiger charge is -2.29. The summed E-state index contributed by atoms with van der Waals surface area (Å²) in [4.78, 5) is 0. The van der Waals surface area contributed by atoms with E-state index in [4.69, 9.17) is 0 Å². The number of nitrogens with one attached hydrogen (secondary N) is 2. The Hall–Kier alpha value is -0.870. The van der Waals surface area contributed by atoms with Gasteiger partial charge >= 0.3 is 0 Å². The van der Waals surface area contributed by atoms with Gasteiger partial charge in [0.2, 0.25) is 0 Å². The van der Waals surface area contributed by atoms with Crippen molar-refractivity contribution in [3.8, 4) is 0 Å². The smallest absolute Gasteiger partial charge is 0.0771 e. The predicted octanol–water partition coefficient (Wildman–Crippen LogP) is -0.0185. The van der Waals surface area contributed by atoms with Crippen LogP contribution in [0, 0.1) is 6.92 Å². The lowest BCUT2D eigenvalue weighted by molar-refractivity contribution is 0.306. The van der Waals surface area contributed by atoms with Crippen molar-refractivity contribution in [1.82, 2.24) is 20.4 Å². The van der Waals surface area contributed by atoms with Crippen LogP contribution in [0.5, 0.6) is 0 Å². The van der Waals surface area contributed by atoms with E-state index in [2.05, 4.69) is 27.3 Å². The van der Waals surface area contributed by atoms with E-state index in [1.807, 2.05) is 0 Å². The first-order valence-electron chi connectivity index (χ1n) is 5.34. The van der Waals surface area contributed by atoms with Gasteiger partial charge in [-0.15, -0.1) is 0 Å². The molecular weight excluding hydrogens is 176 g/mol. The van der Waals surface area contributed by atoms with E-state index in [-0.39, 0.29) is 0 Å². The van der Waals surface area contributed by atoms with Gasteiger partial charge in [-0.3, -0.25) is 4.68 Å². The van der Waals surface area contributed by atoms with Gasteiger partial charge in [-0.05, 0) is 25.5 Å². The topological polar surface area (TPSA) is 41.9 Å². The van der Waals surface area contributed by atoms with Crippen molar-refractivity contribution in [2.75, 3.05) is 19.6 Å². The van der Waals surface area contributed by atoms with Gasteiger partial charge in [-0.2, -0.15) is 5.10 Å². The Bertz CT molecular complexity index is 351. The van der Waals surface area contributed by atoms with Crippen LogP contribution in [0.1, 0.15) is 23.0 Å². The van der Waals surface area contributed by atoms with E-state index in [9.17, 15) is 0 Å². The second-order valence-corrected chi connectivity index (χ2v) is 4.19. The fraction of sp³-hybridized carbons (Fsp3) is 0.700. The number of aromatic nitrogens is 2. The first kappa shape index (κ1) is 8.44. The Morgan fingerprint density at radius 3 is 2.93 bits per heavy atom. The number of hydrogen-bond acceptors (Lipinski definition) is 3. The Labute approximate surface area is 83.7 Å². The van der Waals surface area contributed by atoms with Gasteiger partial charge < -0.3 is 10.6 Å². The Balaban J connectivity index is 2.02. The number of aryl methyl sites for hydroxylation is 1. The second-order valence-electron chi connectivity index (χ2n) is 4.19. The monoisotopic (exact) mass is 192 g/mol. The quantitative estimate of drug-likeness (QED) is 0.657. The molecule has 1 saturated heterocycles. The fourth-order valence-corrected chi connectivity index (χ4v) is 2.31. The van der Waals surface area contributed by atoms with E-state index < -0.39 is 0 Å². The van der Waals surface area contributed by atoms with Crippen molar-refractivity contribution in [1.29, 1.82) is 0 Å². The average Bonchev–Trinajstić information content (AvgIpc) is 2.43. The van der Waals surface area contributed by atoms with Crippen molar-refractivity contribution in [2.24, 2.45) is 0 Å². The SMILES string of the molecule is Cc1nn(C2CNC2)c2c1CCNC2. The zero-order valence-electron chi connectivity index (χ0n) is 8.51. The standard InChI is InChI=1S/C10H16N4/c1-7-9-2-3-11-6-10(9)14(13-7)8-4-12-5-8/h8,11-12H,2-6H2,1H3. The van der Waals surface area contributed by atoms with E-state index in [1.54, 1.807) is 0 Å². The molecule has 3 heterocycles. The number of hydrogen-bond donors (Lipinski definition) is 2. The van der Waals surface area contributed by atoms with Gasteiger partial charge in [0.05, 0.1) is 17.4 Å². The van der Waals surface area contributed by atoms with Gasteiger partial charge in [0.15, 0.2) is 0 Å². The zero-order chi connectivity index (χ0) is 9.54. The molecule has 4 heteroatoms. The molecule has 3 rings (SSSR count). The van der Waals surface area contributed by atoms with Crippen LogP contribution in [0.3, 0.4) is 0 Å². The molecule has 1 aromatic rings. The molecule has 2 N–H and O–H groups in total. The number of rotatable bonds is 1. The Morgan fingerprint density at radius 2 is 2.21 bits per heavy atom. The lowest BCUT2D eigenvalue weighted by atomic mass is 10.1. The summed E-state index contributed by atoms with van der Waals surface area (Å²) in [5, 5.41) is 11.4. The lowest BCUT2D eigenvalue weighted by Crippen LogP contribution is -2.45. The molecule has 0 aliphatic carbocycles. The van der Waals surface area contributed by atoms with Crippen molar-refractivity contribution in [3.05, 3.63) is 17.0 Å². The molecule has 1 aromatic heterocycles. The molecule has 0 radical (unpaired) electrons. The molecule has 0 unspecified atom stereocenters. The molecule has 76 valence electrons. The Kier molecular flexibility index (Phi) is 1.85. The highest BCUT2D eigenvalue weighted by atomic mass is 15.3. The molecule has 4 nitrogen and oxygen atoms in total. The number of fused-ring (bicyclic) bond motifs is 1. The van der Waals surface area contributed by atoms with Crippen molar-refractivity contribution in [2.45, 2.75) is 25.9 Å². The normalized spacial score (nSPS) is 21.8. The minimum atomic E-state index is 0.595. The van der Waals surface area contributed by atoms with Crippen LogP contribution in [0.4, 0.5) is 0 Å². The summed E-state index contributed by atoms with van der Waals surface area (Å²) < 4.78 is 2.23. The molecule has 0 saturated carbocycles. The first-order valence-corrected chi connectivity index (χ1v) is 5.34.